The Hall–Kier alpha value is -1.06. The predicted octanol–water partition coefficient (Wildman–Crippen LogP) is 1.61. The van der Waals surface area contributed by atoms with Gasteiger partial charge in [0.15, 0.2) is 5.82 Å². The quantitative estimate of drug-likeness (QED) is 0.735. The number of aromatic nitrogens is 3. The number of hydrogen-bond acceptors (Lipinski definition) is 3. The van der Waals surface area contributed by atoms with Gasteiger partial charge in [0.1, 0.15) is 0 Å². The second kappa shape index (κ2) is 2.97. The van der Waals surface area contributed by atoms with Gasteiger partial charge >= 0.3 is 0 Å². The van der Waals surface area contributed by atoms with Crippen LogP contribution in [0.25, 0.3) is 0 Å². The van der Waals surface area contributed by atoms with Gasteiger partial charge in [0, 0.05) is 13.0 Å². The Balaban J connectivity index is 2.00. The highest BCUT2D eigenvalue weighted by Crippen LogP contribution is 2.39. The average Bonchev–Trinajstić information content (AvgIpc) is 2.82. The average molecular weight is 192 g/mol. The predicted molar refractivity (Wildman–Crippen MR) is 54.3 cm³/mol. The molecule has 4 nitrogen and oxygen atoms in total. The van der Waals surface area contributed by atoms with Gasteiger partial charge in [-0.3, -0.25) is 0 Å². The first-order chi connectivity index (χ1) is 6.88. The third-order valence-electron chi connectivity index (χ3n) is 3.45. The molecule has 0 aromatic carbocycles. The van der Waals surface area contributed by atoms with Crippen molar-refractivity contribution in [2.45, 2.75) is 38.6 Å². The van der Waals surface area contributed by atoms with Crippen LogP contribution in [-0.2, 0) is 6.42 Å². The summed E-state index contributed by atoms with van der Waals surface area (Å²) in [6.45, 7) is 3.19. The summed E-state index contributed by atoms with van der Waals surface area (Å²) in [5.74, 6) is 2.75. The minimum Gasteiger partial charge on any atom is -0.354 e. The molecule has 3 rings (SSSR count). The number of hydrogen-bond donors (Lipinski definition) is 1. The molecule has 1 aromatic heterocycles. The van der Waals surface area contributed by atoms with Crippen molar-refractivity contribution in [2.75, 3.05) is 11.9 Å². The van der Waals surface area contributed by atoms with Crippen molar-refractivity contribution in [3.8, 4) is 0 Å². The molecule has 1 aliphatic heterocycles. The summed E-state index contributed by atoms with van der Waals surface area (Å²) >= 11 is 0. The third-order valence-corrected chi connectivity index (χ3v) is 3.45. The molecule has 0 radical (unpaired) electrons. The van der Waals surface area contributed by atoms with Gasteiger partial charge in [0.2, 0.25) is 5.95 Å². The summed E-state index contributed by atoms with van der Waals surface area (Å²) in [5.41, 5.74) is 0. The number of fused-ring (bicyclic) bond motifs is 3. The van der Waals surface area contributed by atoms with E-state index in [0.29, 0.717) is 6.04 Å². The highest BCUT2D eigenvalue weighted by atomic mass is 15.4. The Morgan fingerprint density at radius 1 is 1.50 bits per heavy atom. The van der Waals surface area contributed by atoms with Crippen molar-refractivity contribution in [1.82, 2.24) is 14.8 Å². The lowest BCUT2D eigenvalue weighted by molar-refractivity contribution is 0.345. The van der Waals surface area contributed by atoms with Gasteiger partial charge in [0.25, 0.3) is 0 Å². The van der Waals surface area contributed by atoms with E-state index in [4.69, 9.17) is 0 Å². The van der Waals surface area contributed by atoms with E-state index < -0.39 is 0 Å². The normalized spacial score (nSPS) is 29.5. The molecule has 1 fully saturated rings. The molecule has 1 N–H and O–H groups in total. The topological polar surface area (TPSA) is 42.7 Å². The molecular formula is C10H16N4. The molecule has 2 atom stereocenters. The lowest BCUT2D eigenvalue weighted by Crippen LogP contribution is -2.29. The number of anilines is 1. The summed E-state index contributed by atoms with van der Waals surface area (Å²) < 4.78 is 2.12. The smallest absolute Gasteiger partial charge is 0.221 e. The maximum atomic E-state index is 4.56. The lowest BCUT2D eigenvalue weighted by atomic mass is 10.0. The van der Waals surface area contributed by atoms with E-state index in [9.17, 15) is 0 Å². The molecule has 0 spiro atoms. The van der Waals surface area contributed by atoms with Crippen molar-refractivity contribution >= 4 is 5.95 Å². The highest BCUT2D eigenvalue weighted by Gasteiger charge is 2.34. The van der Waals surface area contributed by atoms with Crippen LogP contribution in [0.4, 0.5) is 5.95 Å². The van der Waals surface area contributed by atoms with Crippen LogP contribution in [0.3, 0.4) is 0 Å². The molecule has 2 heterocycles. The van der Waals surface area contributed by atoms with Gasteiger partial charge in [-0.15, -0.1) is 0 Å². The van der Waals surface area contributed by atoms with Gasteiger partial charge in [0.05, 0.1) is 6.04 Å². The second-order valence-corrected chi connectivity index (χ2v) is 4.29. The van der Waals surface area contributed by atoms with Crippen molar-refractivity contribution in [2.24, 2.45) is 5.92 Å². The molecular weight excluding hydrogens is 176 g/mol. The van der Waals surface area contributed by atoms with E-state index >= 15 is 0 Å². The maximum Gasteiger partial charge on any atom is 0.221 e. The minimum absolute atomic E-state index is 0.624. The molecule has 0 saturated heterocycles. The van der Waals surface area contributed by atoms with Crippen LogP contribution in [0, 0.1) is 5.92 Å². The van der Waals surface area contributed by atoms with Crippen LogP contribution in [0.15, 0.2) is 0 Å². The summed E-state index contributed by atoms with van der Waals surface area (Å²) in [6, 6.07) is 0.624. The fourth-order valence-corrected chi connectivity index (χ4v) is 2.67. The maximum absolute atomic E-state index is 4.56. The van der Waals surface area contributed by atoms with Crippen LogP contribution in [-0.4, -0.2) is 21.3 Å². The Kier molecular flexibility index (Phi) is 1.75. The Labute approximate surface area is 83.7 Å². The zero-order chi connectivity index (χ0) is 9.54. The van der Waals surface area contributed by atoms with Gasteiger partial charge in [-0.05, 0) is 18.8 Å². The summed E-state index contributed by atoms with van der Waals surface area (Å²) in [6.07, 6.45) is 4.90. The molecule has 0 amide bonds. The van der Waals surface area contributed by atoms with Gasteiger partial charge < -0.3 is 5.32 Å². The number of rotatable bonds is 1. The first-order valence-corrected chi connectivity index (χ1v) is 5.57. The van der Waals surface area contributed by atoms with E-state index in [2.05, 4.69) is 27.0 Å². The van der Waals surface area contributed by atoms with Crippen LogP contribution >= 0.6 is 0 Å². The largest absolute Gasteiger partial charge is 0.354 e. The minimum atomic E-state index is 0.624. The monoisotopic (exact) mass is 192 g/mol. The zero-order valence-corrected chi connectivity index (χ0v) is 8.53. The van der Waals surface area contributed by atoms with E-state index in [-0.39, 0.29) is 0 Å². The third kappa shape index (κ3) is 1.06. The van der Waals surface area contributed by atoms with Gasteiger partial charge in [-0.1, -0.05) is 13.3 Å². The Bertz CT molecular complexity index is 344. The van der Waals surface area contributed by atoms with E-state index in [1.54, 1.807) is 0 Å². The summed E-state index contributed by atoms with van der Waals surface area (Å²) in [7, 11) is 0. The zero-order valence-electron chi connectivity index (χ0n) is 8.53. The van der Waals surface area contributed by atoms with Crippen molar-refractivity contribution in [3.05, 3.63) is 5.82 Å². The van der Waals surface area contributed by atoms with Crippen molar-refractivity contribution in [3.63, 3.8) is 0 Å². The molecule has 4 heteroatoms. The van der Waals surface area contributed by atoms with Crippen LogP contribution in [0.5, 0.6) is 0 Å². The highest BCUT2D eigenvalue weighted by molar-refractivity contribution is 5.29. The van der Waals surface area contributed by atoms with Crippen molar-refractivity contribution < 1.29 is 0 Å². The second-order valence-electron chi connectivity index (χ2n) is 4.29. The first-order valence-electron chi connectivity index (χ1n) is 5.57. The number of nitrogens with zero attached hydrogens (tertiary/aromatic N) is 3. The molecule has 0 bridgehead atoms. The van der Waals surface area contributed by atoms with Crippen LogP contribution in [0.1, 0.15) is 38.1 Å². The molecule has 1 saturated carbocycles. The Morgan fingerprint density at radius 2 is 2.43 bits per heavy atom. The van der Waals surface area contributed by atoms with Gasteiger partial charge in [-0.2, -0.15) is 10.1 Å². The standard InChI is InChI=1S/C10H16N4/c1-2-9-12-10-11-6-7-4-3-5-8(7)14(10)13-9/h7-8H,2-6H2,1H3,(H,11,12,13). The summed E-state index contributed by atoms with van der Waals surface area (Å²) in [5, 5.41) is 7.93. The van der Waals surface area contributed by atoms with E-state index in [1.165, 1.54) is 19.3 Å². The molecule has 14 heavy (non-hydrogen) atoms. The van der Waals surface area contributed by atoms with E-state index in [0.717, 1.165) is 30.7 Å². The molecule has 2 unspecified atom stereocenters. The van der Waals surface area contributed by atoms with Crippen LogP contribution in [0.2, 0.25) is 0 Å². The van der Waals surface area contributed by atoms with E-state index in [1.807, 2.05) is 0 Å². The fraction of sp³-hybridized carbons (Fsp3) is 0.800. The van der Waals surface area contributed by atoms with Gasteiger partial charge in [-0.25, -0.2) is 4.68 Å². The Morgan fingerprint density at radius 3 is 3.29 bits per heavy atom. The van der Waals surface area contributed by atoms with Crippen LogP contribution < -0.4 is 5.32 Å². The fourth-order valence-electron chi connectivity index (χ4n) is 2.67. The number of nitrogens with one attached hydrogen (secondary N) is 1. The molecule has 2 aliphatic rings. The lowest BCUT2D eigenvalue weighted by Gasteiger charge is -2.26. The molecule has 76 valence electrons. The van der Waals surface area contributed by atoms with Crippen molar-refractivity contribution in [1.29, 1.82) is 0 Å². The number of aryl methyl sites for hydroxylation is 1. The summed E-state index contributed by atoms with van der Waals surface area (Å²) in [4.78, 5) is 4.47. The SMILES string of the molecule is CCc1nc2n(n1)C1CCCC1CN2. The molecule has 1 aliphatic carbocycles. The molecule has 1 aromatic rings. The first kappa shape index (κ1) is 8.26.